The summed E-state index contributed by atoms with van der Waals surface area (Å²) in [6, 6.07) is 14.0. The van der Waals surface area contributed by atoms with Crippen molar-refractivity contribution < 1.29 is 0 Å². The van der Waals surface area contributed by atoms with Crippen molar-refractivity contribution in [3.8, 4) is 0 Å². The van der Waals surface area contributed by atoms with Crippen LogP contribution in [0.4, 0.5) is 11.6 Å². The maximum Gasteiger partial charge on any atom is 0.332 e. The third kappa shape index (κ3) is 3.30. The first-order chi connectivity index (χ1) is 15.3. The zero-order valence-corrected chi connectivity index (χ0v) is 19.9. The van der Waals surface area contributed by atoms with Crippen LogP contribution in [0.25, 0.3) is 11.2 Å². The van der Waals surface area contributed by atoms with Crippen LogP contribution in [0.2, 0.25) is 0 Å². The van der Waals surface area contributed by atoms with E-state index in [4.69, 9.17) is 4.98 Å². The van der Waals surface area contributed by atoms with E-state index in [2.05, 4.69) is 52.9 Å². The number of halogens is 1. The minimum absolute atomic E-state index is 0.218. The molecule has 1 aliphatic heterocycles. The Morgan fingerprint density at radius 2 is 1.78 bits per heavy atom. The fraction of sp³-hybridized carbons (Fsp3) is 0.292. The number of nitrogens with zero attached hydrogens (tertiary/aromatic N) is 5. The van der Waals surface area contributed by atoms with E-state index in [1.807, 2.05) is 28.8 Å². The standard InChI is InChI=1S/C24H24BrN5O2/c1-15-5-10-19(16(2)13-15)28-11-4-12-29-20-21(26-23(28)29)27(3)24(32)30(22(20)31)14-17-6-8-18(25)9-7-17/h5-10,13H,4,11-12,14H2,1-3H3. The first kappa shape index (κ1) is 20.8. The fourth-order valence-electron chi connectivity index (χ4n) is 4.51. The molecule has 0 radical (unpaired) electrons. The van der Waals surface area contributed by atoms with Gasteiger partial charge in [-0.1, -0.05) is 45.8 Å². The van der Waals surface area contributed by atoms with Crippen molar-refractivity contribution in [2.45, 2.75) is 33.4 Å². The summed E-state index contributed by atoms with van der Waals surface area (Å²) in [6.07, 6.45) is 0.890. The van der Waals surface area contributed by atoms with Crippen molar-refractivity contribution >= 4 is 38.7 Å². The van der Waals surface area contributed by atoms with E-state index in [-0.39, 0.29) is 17.8 Å². The van der Waals surface area contributed by atoms with Gasteiger partial charge >= 0.3 is 5.69 Å². The smallest absolute Gasteiger partial charge is 0.312 e. The lowest BCUT2D eigenvalue weighted by atomic mass is 10.1. The van der Waals surface area contributed by atoms with Gasteiger partial charge in [0.05, 0.1) is 6.54 Å². The second kappa shape index (κ2) is 7.78. The lowest BCUT2D eigenvalue weighted by molar-refractivity contribution is 0.597. The Bertz CT molecular complexity index is 1460. The molecule has 0 saturated carbocycles. The van der Waals surface area contributed by atoms with Crippen molar-refractivity contribution in [2.75, 3.05) is 11.4 Å². The SMILES string of the molecule is Cc1ccc(N2CCCn3c2nc2c3c(=O)n(Cc3ccc(Br)cc3)c(=O)n2C)c(C)c1. The lowest BCUT2D eigenvalue weighted by Gasteiger charge is -2.30. The summed E-state index contributed by atoms with van der Waals surface area (Å²) in [5, 5.41) is 0. The van der Waals surface area contributed by atoms with Gasteiger partial charge in [0.25, 0.3) is 5.56 Å². The summed E-state index contributed by atoms with van der Waals surface area (Å²) in [6.45, 7) is 5.89. The van der Waals surface area contributed by atoms with Gasteiger partial charge in [-0.05, 0) is 49.6 Å². The third-order valence-corrected chi connectivity index (χ3v) is 6.64. The molecule has 0 unspecified atom stereocenters. The van der Waals surface area contributed by atoms with Gasteiger partial charge in [-0.2, -0.15) is 4.98 Å². The molecule has 0 N–H and O–H groups in total. The van der Waals surface area contributed by atoms with Crippen LogP contribution < -0.4 is 16.1 Å². The molecule has 32 heavy (non-hydrogen) atoms. The molecule has 4 aromatic rings. The highest BCUT2D eigenvalue weighted by molar-refractivity contribution is 9.10. The largest absolute Gasteiger partial charge is 0.332 e. The summed E-state index contributed by atoms with van der Waals surface area (Å²) in [4.78, 5) is 33.5. The van der Waals surface area contributed by atoms with Gasteiger partial charge in [-0.3, -0.25) is 13.9 Å². The minimum Gasteiger partial charge on any atom is -0.312 e. The average molecular weight is 494 g/mol. The molecule has 0 amide bonds. The lowest BCUT2D eigenvalue weighted by Crippen LogP contribution is -2.40. The van der Waals surface area contributed by atoms with Crippen LogP contribution in [0.5, 0.6) is 0 Å². The molecule has 2 aromatic carbocycles. The Balaban J connectivity index is 1.70. The van der Waals surface area contributed by atoms with Crippen LogP contribution in [0.3, 0.4) is 0 Å². The molecule has 3 heterocycles. The van der Waals surface area contributed by atoms with Crippen molar-refractivity contribution in [1.82, 2.24) is 18.7 Å². The Morgan fingerprint density at radius 1 is 1.03 bits per heavy atom. The van der Waals surface area contributed by atoms with Gasteiger partial charge in [0.15, 0.2) is 11.2 Å². The number of anilines is 2. The van der Waals surface area contributed by atoms with Gasteiger partial charge in [0, 0.05) is 30.3 Å². The zero-order valence-electron chi connectivity index (χ0n) is 18.3. The molecule has 0 fully saturated rings. The number of benzene rings is 2. The molecule has 0 spiro atoms. The Kier molecular flexibility index (Phi) is 5.04. The molecule has 0 saturated heterocycles. The van der Waals surface area contributed by atoms with Crippen LogP contribution >= 0.6 is 15.9 Å². The Morgan fingerprint density at radius 3 is 2.50 bits per heavy atom. The highest BCUT2D eigenvalue weighted by Gasteiger charge is 2.27. The van der Waals surface area contributed by atoms with Crippen LogP contribution in [-0.2, 0) is 20.1 Å². The number of imidazole rings is 1. The first-order valence-corrected chi connectivity index (χ1v) is 11.4. The average Bonchev–Trinajstić information content (AvgIpc) is 3.17. The van der Waals surface area contributed by atoms with Crippen molar-refractivity contribution in [3.05, 3.63) is 84.5 Å². The zero-order chi connectivity index (χ0) is 22.6. The summed E-state index contributed by atoms with van der Waals surface area (Å²) in [7, 11) is 1.68. The second-order valence-electron chi connectivity index (χ2n) is 8.39. The Hall–Kier alpha value is -3.13. The number of hydrogen-bond acceptors (Lipinski definition) is 4. The van der Waals surface area contributed by atoms with Crippen LogP contribution in [0.1, 0.15) is 23.1 Å². The summed E-state index contributed by atoms with van der Waals surface area (Å²) >= 11 is 3.42. The highest BCUT2D eigenvalue weighted by Crippen LogP contribution is 2.33. The Labute approximate surface area is 193 Å². The van der Waals surface area contributed by atoms with E-state index >= 15 is 0 Å². The molecule has 5 rings (SSSR count). The molecular weight excluding hydrogens is 470 g/mol. The highest BCUT2D eigenvalue weighted by atomic mass is 79.9. The summed E-state index contributed by atoms with van der Waals surface area (Å²) in [5.41, 5.74) is 4.58. The molecule has 0 atom stereocenters. The third-order valence-electron chi connectivity index (χ3n) is 6.11. The van der Waals surface area contributed by atoms with E-state index in [1.165, 1.54) is 14.7 Å². The van der Waals surface area contributed by atoms with E-state index < -0.39 is 0 Å². The van der Waals surface area contributed by atoms with Crippen molar-refractivity contribution in [1.29, 1.82) is 0 Å². The van der Waals surface area contributed by atoms with Crippen LogP contribution in [-0.4, -0.2) is 25.2 Å². The topological polar surface area (TPSA) is 65.1 Å². The number of rotatable bonds is 3. The van der Waals surface area contributed by atoms with Gasteiger partial charge in [-0.15, -0.1) is 0 Å². The second-order valence-corrected chi connectivity index (χ2v) is 9.31. The molecule has 2 aromatic heterocycles. The molecule has 0 bridgehead atoms. The first-order valence-electron chi connectivity index (χ1n) is 10.6. The molecule has 164 valence electrons. The molecule has 1 aliphatic rings. The summed E-state index contributed by atoms with van der Waals surface area (Å²) < 4.78 is 5.71. The maximum absolute atomic E-state index is 13.5. The van der Waals surface area contributed by atoms with Gasteiger partial charge in [0.2, 0.25) is 5.95 Å². The van der Waals surface area contributed by atoms with E-state index in [0.29, 0.717) is 23.7 Å². The normalized spacial score (nSPS) is 13.6. The van der Waals surface area contributed by atoms with Crippen LogP contribution in [0.15, 0.2) is 56.5 Å². The quantitative estimate of drug-likeness (QED) is 0.434. The fourth-order valence-corrected chi connectivity index (χ4v) is 4.78. The number of aromatic nitrogens is 4. The minimum atomic E-state index is -0.362. The number of fused-ring (bicyclic) bond motifs is 3. The molecule has 0 aliphatic carbocycles. The van der Waals surface area contributed by atoms with E-state index in [1.54, 1.807) is 7.05 Å². The van der Waals surface area contributed by atoms with Crippen molar-refractivity contribution in [2.24, 2.45) is 7.05 Å². The van der Waals surface area contributed by atoms with Gasteiger partial charge in [-0.25, -0.2) is 4.79 Å². The molecule has 8 heteroatoms. The summed E-state index contributed by atoms with van der Waals surface area (Å²) in [5.74, 6) is 0.715. The van der Waals surface area contributed by atoms with Crippen molar-refractivity contribution in [3.63, 3.8) is 0 Å². The maximum atomic E-state index is 13.5. The number of aryl methyl sites for hydroxylation is 4. The molecular formula is C24H24BrN5O2. The van der Waals surface area contributed by atoms with E-state index in [0.717, 1.165) is 34.3 Å². The van der Waals surface area contributed by atoms with Gasteiger partial charge < -0.3 is 9.47 Å². The number of hydrogen-bond donors (Lipinski definition) is 0. The molecule has 7 nitrogen and oxygen atoms in total. The monoisotopic (exact) mass is 493 g/mol. The van der Waals surface area contributed by atoms with Crippen LogP contribution in [0, 0.1) is 13.8 Å². The van der Waals surface area contributed by atoms with Gasteiger partial charge in [0.1, 0.15) is 0 Å². The van der Waals surface area contributed by atoms with E-state index in [9.17, 15) is 9.59 Å². The predicted molar refractivity (Wildman–Crippen MR) is 130 cm³/mol. The predicted octanol–water partition coefficient (Wildman–Crippen LogP) is 3.87.